The van der Waals surface area contributed by atoms with Crippen LogP contribution in [-0.2, 0) is 14.3 Å². The van der Waals surface area contributed by atoms with Crippen LogP contribution in [-0.4, -0.2) is 35.5 Å². The highest BCUT2D eigenvalue weighted by Crippen LogP contribution is 2.79. The molecule has 0 unspecified atom stereocenters. The van der Waals surface area contributed by atoms with Gasteiger partial charge in [-0.2, -0.15) is 0 Å². The molecule has 1 saturated heterocycles. The zero-order valence-corrected chi connectivity index (χ0v) is 22.3. The fourth-order valence-corrected chi connectivity index (χ4v) is 11.8. The Kier molecular flexibility index (Phi) is 4.71. The van der Waals surface area contributed by atoms with Crippen LogP contribution in [0.2, 0.25) is 0 Å². The van der Waals surface area contributed by atoms with Gasteiger partial charge in [-0.1, -0.05) is 41.5 Å². The summed E-state index contributed by atoms with van der Waals surface area (Å²) in [7, 11) is 0. The topological polar surface area (TPSA) is 63.6 Å². The molecule has 4 heteroatoms. The summed E-state index contributed by atoms with van der Waals surface area (Å²) in [5.74, 6) is 2.47. The minimum atomic E-state index is -0.674. The van der Waals surface area contributed by atoms with Gasteiger partial charge in [0, 0.05) is 29.6 Å². The first-order valence-electron chi connectivity index (χ1n) is 14.2. The third-order valence-electron chi connectivity index (χ3n) is 14.2. The summed E-state index contributed by atoms with van der Waals surface area (Å²) in [6, 6.07) is 0. The quantitative estimate of drug-likeness (QED) is 0.542. The Morgan fingerprint density at radius 2 is 1.65 bits per heavy atom. The van der Waals surface area contributed by atoms with Gasteiger partial charge in [-0.25, -0.2) is 0 Å². The van der Waals surface area contributed by atoms with Crippen molar-refractivity contribution in [1.82, 2.24) is 0 Å². The highest BCUT2D eigenvalue weighted by molar-refractivity contribution is 5.92. The molecular formula is C30H46O4. The molecular weight excluding hydrogens is 424 g/mol. The predicted octanol–water partition coefficient (Wildman–Crippen LogP) is 5.60. The van der Waals surface area contributed by atoms with E-state index in [-0.39, 0.29) is 45.9 Å². The van der Waals surface area contributed by atoms with Crippen LogP contribution in [0.3, 0.4) is 0 Å². The Bertz CT molecular complexity index is 944. The minimum Gasteiger partial charge on any atom is -0.395 e. The zero-order valence-electron chi connectivity index (χ0n) is 22.3. The number of hydrogen-bond acceptors (Lipinski definition) is 4. The molecule has 0 radical (unpaired) electrons. The standard InChI is InChI=1S/C30H46O4/c1-18-7-12-29-14-13-28(6)27(5)11-8-20-25(3,10-9-22(32)26(20,4)16-31)21(27)15-23(33)30(28,34-17-29)24(29)19(18)2/h18-21,24,31H,7-17H2,1-6H3/t18-,19-,20+,21-,24+,25+,26-,27-,28+,29-,30+/m1/s1. The van der Waals surface area contributed by atoms with Crippen LogP contribution in [0.1, 0.15) is 99.3 Å². The van der Waals surface area contributed by atoms with Crippen molar-refractivity contribution in [3.8, 4) is 0 Å². The van der Waals surface area contributed by atoms with Crippen molar-refractivity contribution in [2.45, 2.75) is 105 Å². The van der Waals surface area contributed by atoms with Crippen LogP contribution < -0.4 is 0 Å². The predicted molar refractivity (Wildman–Crippen MR) is 131 cm³/mol. The summed E-state index contributed by atoms with van der Waals surface area (Å²) in [6.45, 7) is 14.8. The number of ether oxygens (including phenoxy) is 1. The smallest absolute Gasteiger partial charge is 0.165 e. The van der Waals surface area contributed by atoms with Crippen molar-refractivity contribution in [1.29, 1.82) is 0 Å². The average molecular weight is 471 g/mol. The van der Waals surface area contributed by atoms with E-state index in [4.69, 9.17) is 4.74 Å². The van der Waals surface area contributed by atoms with Crippen LogP contribution in [0.25, 0.3) is 0 Å². The van der Waals surface area contributed by atoms with Crippen molar-refractivity contribution in [2.75, 3.05) is 13.2 Å². The van der Waals surface area contributed by atoms with Crippen molar-refractivity contribution in [2.24, 2.45) is 56.7 Å². The minimum absolute atomic E-state index is 0.000180. The monoisotopic (exact) mass is 470 g/mol. The Morgan fingerprint density at radius 3 is 2.35 bits per heavy atom. The summed E-state index contributed by atoms with van der Waals surface area (Å²) in [5, 5.41) is 10.4. The lowest BCUT2D eigenvalue weighted by Gasteiger charge is -2.73. The van der Waals surface area contributed by atoms with E-state index in [0.29, 0.717) is 36.4 Å². The molecule has 1 N–H and O–H groups in total. The Morgan fingerprint density at radius 1 is 0.912 bits per heavy atom. The van der Waals surface area contributed by atoms with E-state index in [1.807, 2.05) is 6.92 Å². The van der Waals surface area contributed by atoms with Gasteiger partial charge in [0.2, 0.25) is 0 Å². The summed E-state index contributed by atoms with van der Waals surface area (Å²) in [5.41, 5.74) is -1.40. The molecule has 6 fully saturated rings. The van der Waals surface area contributed by atoms with Gasteiger partial charge in [0.1, 0.15) is 11.4 Å². The fraction of sp³-hybridized carbons (Fsp3) is 0.933. The Balaban J connectivity index is 1.49. The summed E-state index contributed by atoms with van der Waals surface area (Å²) >= 11 is 0. The highest BCUT2D eigenvalue weighted by Gasteiger charge is 2.81. The molecule has 0 amide bonds. The molecule has 6 aliphatic rings. The molecule has 2 bridgehead atoms. The van der Waals surface area contributed by atoms with Crippen LogP contribution in [0.5, 0.6) is 0 Å². The third kappa shape index (κ3) is 2.27. The van der Waals surface area contributed by atoms with E-state index in [2.05, 4.69) is 34.6 Å². The number of hydrogen-bond donors (Lipinski definition) is 1. The number of Topliss-reactive ketones (excluding diaryl/α,β-unsaturated/α-hetero) is 2. The largest absolute Gasteiger partial charge is 0.395 e. The van der Waals surface area contributed by atoms with Crippen molar-refractivity contribution in [3.63, 3.8) is 0 Å². The van der Waals surface area contributed by atoms with Gasteiger partial charge in [0.05, 0.1) is 18.6 Å². The first-order chi connectivity index (χ1) is 15.9. The van der Waals surface area contributed by atoms with Crippen molar-refractivity contribution in [3.05, 3.63) is 0 Å². The third-order valence-corrected chi connectivity index (χ3v) is 14.2. The molecule has 0 aromatic rings. The lowest BCUT2D eigenvalue weighted by molar-refractivity contribution is -0.267. The number of rotatable bonds is 1. The first-order valence-corrected chi connectivity index (χ1v) is 14.2. The lowest BCUT2D eigenvalue weighted by atomic mass is 9.30. The number of carbonyl (C=O) groups excluding carboxylic acids is 2. The number of fused-ring (bicyclic) bond motifs is 4. The molecule has 1 aliphatic heterocycles. The second kappa shape index (κ2) is 6.77. The van der Waals surface area contributed by atoms with Gasteiger partial charge in [-0.3, -0.25) is 9.59 Å². The van der Waals surface area contributed by atoms with Gasteiger partial charge in [0.15, 0.2) is 5.78 Å². The first kappa shape index (κ1) is 23.6. The highest BCUT2D eigenvalue weighted by atomic mass is 16.5. The van der Waals surface area contributed by atoms with Crippen molar-refractivity contribution < 1.29 is 19.4 Å². The number of ketones is 2. The maximum absolute atomic E-state index is 14.6. The molecule has 11 atom stereocenters. The summed E-state index contributed by atoms with van der Waals surface area (Å²) in [6.07, 6.45) is 8.71. The molecule has 34 heavy (non-hydrogen) atoms. The maximum atomic E-state index is 14.6. The Hall–Kier alpha value is -0.740. The molecule has 6 rings (SSSR count). The van der Waals surface area contributed by atoms with Crippen LogP contribution in [0.4, 0.5) is 0 Å². The van der Waals surface area contributed by atoms with E-state index in [1.54, 1.807) is 0 Å². The molecule has 0 aromatic heterocycles. The van der Waals surface area contributed by atoms with E-state index in [0.717, 1.165) is 32.3 Å². The summed E-state index contributed by atoms with van der Waals surface area (Å²) in [4.78, 5) is 27.6. The van der Waals surface area contributed by atoms with Crippen LogP contribution >= 0.6 is 0 Å². The van der Waals surface area contributed by atoms with Crippen LogP contribution in [0.15, 0.2) is 0 Å². The van der Waals surface area contributed by atoms with Gasteiger partial charge < -0.3 is 9.84 Å². The normalized spacial score (nSPS) is 60.7. The van der Waals surface area contributed by atoms with Gasteiger partial charge in [0.25, 0.3) is 0 Å². The average Bonchev–Trinajstić information content (AvgIpc) is 3.09. The van der Waals surface area contributed by atoms with E-state index in [1.165, 1.54) is 19.3 Å². The van der Waals surface area contributed by atoms with Gasteiger partial charge in [-0.05, 0) is 79.4 Å². The second-order valence-corrected chi connectivity index (χ2v) is 14.8. The van der Waals surface area contributed by atoms with Crippen molar-refractivity contribution >= 4 is 11.6 Å². The molecule has 5 saturated carbocycles. The number of carbonyl (C=O) groups is 2. The van der Waals surface area contributed by atoms with Gasteiger partial charge >= 0.3 is 0 Å². The van der Waals surface area contributed by atoms with Crippen LogP contribution in [0, 0.1) is 56.7 Å². The second-order valence-electron chi connectivity index (χ2n) is 14.8. The molecule has 1 heterocycles. The lowest BCUT2D eigenvalue weighted by Crippen LogP contribution is -2.75. The maximum Gasteiger partial charge on any atom is 0.165 e. The fourth-order valence-electron chi connectivity index (χ4n) is 11.8. The van der Waals surface area contributed by atoms with Gasteiger partial charge in [-0.15, -0.1) is 0 Å². The molecule has 4 nitrogen and oxygen atoms in total. The number of aliphatic hydroxyl groups is 1. The molecule has 1 spiro atoms. The Labute approximate surface area is 206 Å². The summed E-state index contributed by atoms with van der Waals surface area (Å²) < 4.78 is 6.96. The molecule has 190 valence electrons. The van der Waals surface area contributed by atoms with E-state index in [9.17, 15) is 14.7 Å². The van der Waals surface area contributed by atoms with E-state index >= 15 is 0 Å². The van der Waals surface area contributed by atoms with E-state index < -0.39 is 11.0 Å². The SMILES string of the molecule is C[C@@H]1[C@H](C)CC[C@@]23CC[C@@]4(C)[C@]5(C)CC[C@H]6[C@](C)(CCC(=O)[C@]6(C)CO)[C@H]5CC(=O)[C@]4(OC2)[C@@H]13. The number of aliphatic hydroxyl groups excluding tert-OH is 1. The molecule has 0 aromatic carbocycles. The zero-order chi connectivity index (χ0) is 24.5. The molecule has 5 aliphatic carbocycles.